The van der Waals surface area contributed by atoms with Crippen LogP contribution in [0.1, 0.15) is 25.3 Å². The Balaban J connectivity index is 2.24. The molecule has 98 valence electrons. The minimum absolute atomic E-state index is 0.0766. The standard InChI is InChI=1S/C15H22N2O/c1-13(18)17-11-9-15(10-12-17,16(2)3)14-7-5-4-6-8-14/h4-8H,9-12H2,1-3H3. The van der Waals surface area contributed by atoms with Crippen molar-refractivity contribution in [3.8, 4) is 0 Å². The van der Waals surface area contributed by atoms with Crippen LogP contribution in [0.3, 0.4) is 0 Å². The van der Waals surface area contributed by atoms with Gasteiger partial charge < -0.3 is 4.90 Å². The lowest BCUT2D eigenvalue weighted by Gasteiger charge is -2.46. The monoisotopic (exact) mass is 246 g/mol. The van der Waals surface area contributed by atoms with E-state index in [9.17, 15) is 4.79 Å². The summed E-state index contributed by atoms with van der Waals surface area (Å²) in [5, 5.41) is 0. The lowest BCUT2D eigenvalue weighted by Crippen LogP contribution is -2.51. The van der Waals surface area contributed by atoms with Crippen LogP contribution in [-0.4, -0.2) is 42.9 Å². The number of nitrogens with zero attached hydrogens (tertiary/aromatic N) is 2. The van der Waals surface area contributed by atoms with Crippen molar-refractivity contribution in [2.75, 3.05) is 27.2 Å². The molecular formula is C15H22N2O. The molecule has 0 unspecified atom stereocenters. The molecule has 2 rings (SSSR count). The van der Waals surface area contributed by atoms with Gasteiger partial charge in [0.25, 0.3) is 0 Å². The number of carbonyl (C=O) groups is 1. The van der Waals surface area contributed by atoms with Crippen LogP contribution >= 0.6 is 0 Å². The Bertz CT molecular complexity index is 406. The number of rotatable bonds is 2. The summed E-state index contributed by atoms with van der Waals surface area (Å²) in [7, 11) is 4.27. The van der Waals surface area contributed by atoms with Gasteiger partial charge in [0.05, 0.1) is 0 Å². The Hall–Kier alpha value is -1.35. The first-order valence-electron chi connectivity index (χ1n) is 6.55. The molecule has 0 N–H and O–H groups in total. The molecule has 1 aromatic carbocycles. The van der Waals surface area contributed by atoms with Gasteiger partial charge in [0, 0.05) is 25.6 Å². The highest BCUT2D eigenvalue weighted by Crippen LogP contribution is 2.37. The van der Waals surface area contributed by atoms with Gasteiger partial charge in [-0.25, -0.2) is 0 Å². The van der Waals surface area contributed by atoms with Crippen molar-refractivity contribution in [3.05, 3.63) is 35.9 Å². The minimum Gasteiger partial charge on any atom is -0.343 e. The van der Waals surface area contributed by atoms with Crippen molar-refractivity contribution >= 4 is 5.91 Å². The largest absolute Gasteiger partial charge is 0.343 e. The molecule has 18 heavy (non-hydrogen) atoms. The Morgan fingerprint density at radius 2 is 1.72 bits per heavy atom. The third-order valence-corrected chi connectivity index (χ3v) is 4.20. The van der Waals surface area contributed by atoms with Crippen molar-refractivity contribution in [3.63, 3.8) is 0 Å². The van der Waals surface area contributed by atoms with Crippen LogP contribution in [0.4, 0.5) is 0 Å². The molecule has 0 aliphatic carbocycles. The molecule has 0 aromatic heterocycles. The van der Waals surface area contributed by atoms with Gasteiger partial charge in [-0.1, -0.05) is 30.3 Å². The van der Waals surface area contributed by atoms with E-state index in [0.717, 1.165) is 25.9 Å². The Morgan fingerprint density at radius 3 is 2.17 bits per heavy atom. The molecular weight excluding hydrogens is 224 g/mol. The minimum atomic E-state index is 0.0766. The summed E-state index contributed by atoms with van der Waals surface area (Å²) in [6, 6.07) is 10.6. The van der Waals surface area contributed by atoms with Crippen LogP contribution in [-0.2, 0) is 10.3 Å². The van der Waals surface area contributed by atoms with Gasteiger partial charge in [0.2, 0.25) is 5.91 Å². The average molecular weight is 246 g/mol. The van der Waals surface area contributed by atoms with Crippen LogP contribution in [0.15, 0.2) is 30.3 Å². The number of benzene rings is 1. The van der Waals surface area contributed by atoms with Crippen LogP contribution in [0, 0.1) is 0 Å². The van der Waals surface area contributed by atoms with Crippen molar-refractivity contribution in [2.24, 2.45) is 0 Å². The summed E-state index contributed by atoms with van der Waals surface area (Å²) in [6.45, 7) is 3.36. The molecule has 0 atom stereocenters. The Kier molecular flexibility index (Phi) is 3.71. The van der Waals surface area contributed by atoms with E-state index in [-0.39, 0.29) is 11.4 Å². The van der Waals surface area contributed by atoms with Gasteiger partial charge in [-0.15, -0.1) is 0 Å². The van der Waals surface area contributed by atoms with E-state index in [1.807, 2.05) is 4.90 Å². The van der Waals surface area contributed by atoms with E-state index in [1.165, 1.54) is 5.56 Å². The van der Waals surface area contributed by atoms with Gasteiger partial charge in [-0.3, -0.25) is 9.69 Å². The van der Waals surface area contributed by atoms with E-state index in [0.29, 0.717) is 0 Å². The normalized spacial score (nSPS) is 19.0. The van der Waals surface area contributed by atoms with Gasteiger partial charge >= 0.3 is 0 Å². The van der Waals surface area contributed by atoms with Crippen molar-refractivity contribution in [2.45, 2.75) is 25.3 Å². The number of piperidine rings is 1. The number of likely N-dealkylation sites (tertiary alicyclic amines) is 1. The van der Waals surface area contributed by atoms with E-state index in [1.54, 1.807) is 6.92 Å². The second-order valence-corrected chi connectivity index (χ2v) is 5.30. The molecule has 0 radical (unpaired) electrons. The summed E-state index contributed by atoms with van der Waals surface area (Å²) in [4.78, 5) is 15.7. The highest BCUT2D eigenvalue weighted by molar-refractivity contribution is 5.73. The first kappa shape index (κ1) is 13.1. The Morgan fingerprint density at radius 1 is 1.17 bits per heavy atom. The summed E-state index contributed by atoms with van der Waals surface area (Å²) in [6.07, 6.45) is 2.01. The van der Waals surface area contributed by atoms with Gasteiger partial charge in [0.1, 0.15) is 0 Å². The second-order valence-electron chi connectivity index (χ2n) is 5.30. The highest BCUT2D eigenvalue weighted by Gasteiger charge is 2.38. The SMILES string of the molecule is CC(=O)N1CCC(c2ccccc2)(N(C)C)CC1. The van der Waals surface area contributed by atoms with Gasteiger partial charge in [-0.2, -0.15) is 0 Å². The first-order valence-corrected chi connectivity index (χ1v) is 6.55. The summed E-state index contributed by atoms with van der Waals surface area (Å²) in [5.74, 6) is 0.190. The number of amides is 1. The molecule has 0 spiro atoms. The van der Waals surface area contributed by atoms with Gasteiger partial charge in [-0.05, 0) is 32.5 Å². The molecule has 1 aliphatic rings. The van der Waals surface area contributed by atoms with Gasteiger partial charge in [0.15, 0.2) is 0 Å². The lowest BCUT2D eigenvalue weighted by atomic mass is 9.80. The first-order chi connectivity index (χ1) is 8.56. The quantitative estimate of drug-likeness (QED) is 0.797. The fourth-order valence-electron chi connectivity index (χ4n) is 2.93. The highest BCUT2D eigenvalue weighted by atomic mass is 16.2. The maximum atomic E-state index is 11.4. The third kappa shape index (κ3) is 2.27. The fourth-order valence-corrected chi connectivity index (χ4v) is 2.93. The number of carbonyl (C=O) groups excluding carboxylic acids is 1. The summed E-state index contributed by atoms with van der Waals surface area (Å²) < 4.78 is 0. The molecule has 1 aromatic rings. The number of hydrogen-bond donors (Lipinski definition) is 0. The maximum Gasteiger partial charge on any atom is 0.219 e. The zero-order chi connectivity index (χ0) is 13.2. The molecule has 1 saturated heterocycles. The van der Waals surface area contributed by atoms with E-state index >= 15 is 0 Å². The molecule has 1 heterocycles. The van der Waals surface area contributed by atoms with Crippen molar-refractivity contribution < 1.29 is 4.79 Å². The molecule has 1 amide bonds. The van der Waals surface area contributed by atoms with Crippen LogP contribution in [0.2, 0.25) is 0 Å². The third-order valence-electron chi connectivity index (χ3n) is 4.20. The molecule has 0 saturated carbocycles. The molecule has 1 aliphatic heterocycles. The molecule has 3 nitrogen and oxygen atoms in total. The van der Waals surface area contributed by atoms with E-state index in [2.05, 4.69) is 49.3 Å². The topological polar surface area (TPSA) is 23.6 Å². The zero-order valence-electron chi connectivity index (χ0n) is 11.5. The molecule has 1 fully saturated rings. The molecule has 0 bridgehead atoms. The maximum absolute atomic E-state index is 11.4. The zero-order valence-corrected chi connectivity index (χ0v) is 11.5. The summed E-state index contributed by atoms with van der Waals surface area (Å²) >= 11 is 0. The molecule has 3 heteroatoms. The van der Waals surface area contributed by atoms with Crippen LogP contribution in [0.5, 0.6) is 0 Å². The van der Waals surface area contributed by atoms with Crippen molar-refractivity contribution in [1.29, 1.82) is 0 Å². The lowest BCUT2D eigenvalue weighted by molar-refractivity contribution is -0.131. The van der Waals surface area contributed by atoms with Crippen LogP contribution < -0.4 is 0 Å². The van der Waals surface area contributed by atoms with E-state index in [4.69, 9.17) is 0 Å². The summed E-state index contributed by atoms with van der Waals surface area (Å²) in [5.41, 5.74) is 1.44. The fraction of sp³-hybridized carbons (Fsp3) is 0.533. The average Bonchev–Trinajstić information content (AvgIpc) is 2.39. The predicted octanol–water partition coefficient (Wildman–Crippen LogP) is 2.09. The van der Waals surface area contributed by atoms with Crippen LogP contribution in [0.25, 0.3) is 0 Å². The second kappa shape index (κ2) is 5.11. The number of hydrogen-bond acceptors (Lipinski definition) is 2. The predicted molar refractivity (Wildman–Crippen MR) is 73.3 cm³/mol. The smallest absolute Gasteiger partial charge is 0.219 e. The van der Waals surface area contributed by atoms with Crippen molar-refractivity contribution in [1.82, 2.24) is 9.80 Å². The Labute approximate surface area is 109 Å². The van der Waals surface area contributed by atoms with E-state index < -0.39 is 0 Å².